The molecule has 0 saturated carbocycles. The van der Waals surface area contributed by atoms with Crippen molar-refractivity contribution < 1.29 is 9.53 Å². The van der Waals surface area contributed by atoms with Gasteiger partial charge in [-0.05, 0) is 37.3 Å². The molecule has 0 atom stereocenters. The van der Waals surface area contributed by atoms with E-state index in [1.165, 1.54) is 0 Å². The lowest BCUT2D eigenvalue weighted by Crippen LogP contribution is -2.29. The first-order valence-electron chi connectivity index (χ1n) is 6.37. The molecule has 1 heterocycles. The first kappa shape index (κ1) is 14.5. The summed E-state index contributed by atoms with van der Waals surface area (Å²) >= 11 is 0. The van der Waals surface area contributed by atoms with Crippen LogP contribution in [-0.2, 0) is 0 Å². The summed E-state index contributed by atoms with van der Waals surface area (Å²) in [7, 11) is 0. The molecule has 1 aromatic heterocycles. The van der Waals surface area contributed by atoms with Crippen LogP contribution in [0.25, 0.3) is 0 Å². The smallest absolute Gasteiger partial charge is 0.321 e. The molecule has 0 aliphatic carbocycles. The van der Waals surface area contributed by atoms with Crippen LogP contribution in [0.3, 0.4) is 0 Å². The molecule has 6 nitrogen and oxygen atoms in total. The number of hydrogen-bond donors (Lipinski definition) is 2. The minimum atomic E-state index is -0.280. The Morgan fingerprint density at radius 2 is 1.90 bits per heavy atom. The van der Waals surface area contributed by atoms with Gasteiger partial charge in [-0.2, -0.15) is 0 Å². The monoisotopic (exact) mass is 284 g/mol. The van der Waals surface area contributed by atoms with E-state index in [0.717, 1.165) is 5.57 Å². The van der Waals surface area contributed by atoms with E-state index < -0.39 is 0 Å². The van der Waals surface area contributed by atoms with Gasteiger partial charge in [0.05, 0.1) is 0 Å². The van der Waals surface area contributed by atoms with Crippen LogP contribution in [-0.4, -0.2) is 22.5 Å². The lowest BCUT2D eigenvalue weighted by Gasteiger charge is -2.08. The van der Waals surface area contributed by atoms with Gasteiger partial charge in [0.2, 0.25) is 0 Å². The van der Waals surface area contributed by atoms with Crippen molar-refractivity contribution in [2.24, 2.45) is 0 Å². The largest absolute Gasteiger partial charge is 0.424 e. The number of anilines is 1. The van der Waals surface area contributed by atoms with Gasteiger partial charge < -0.3 is 15.4 Å². The third-order valence-electron chi connectivity index (χ3n) is 2.41. The van der Waals surface area contributed by atoms with Crippen LogP contribution in [0.2, 0.25) is 0 Å². The Morgan fingerprint density at radius 3 is 2.52 bits per heavy atom. The fourth-order valence-electron chi connectivity index (χ4n) is 1.46. The summed E-state index contributed by atoms with van der Waals surface area (Å²) < 4.78 is 5.46. The average molecular weight is 284 g/mol. The maximum atomic E-state index is 11.6. The van der Waals surface area contributed by atoms with Gasteiger partial charge in [0.15, 0.2) is 0 Å². The number of aromatic nitrogens is 2. The van der Waals surface area contributed by atoms with E-state index in [4.69, 9.17) is 4.74 Å². The molecule has 0 spiro atoms. The maximum absolute atomic E-state index is 11.6. The molecule has 0 unspecified atom stereocenters. The Balaban J connectivity index is 1.90. The molecular weight excluding hydrogens is 268 g/mol. The number of carbonyl (C=O) groups excluding carboxylic acids is 1. The molecular formula is C15H16N4O2. The van der Waals surface area contributed by atoms with E-state index in [1.54, 1.807) is 42.7 Å². The zero-order chi connectivity index (χ0) is 15.1. The second kappa shape index (κ2) is 7.04. The first-order valence-corrected chi connectivity index (χ1v) is 6.37. The van der Waals surface area contributed by atoms with Gasteiger partial charge in [0.1, 0.15) is 5.75 Å². The Hall–Kier alpha value is -2.89. The second-order valence-electron chi connectivity index (χ2n) is 4.42. The molecule has 21 heavy (non-hydrogen) atoms. The normalized spacial score (nSPS) is 9.76. The van der Waals surface area contributed by atoms with Crippen LogP contribution >= 0.6 is 0 Å². The molecule has 0 saturated heterocycles. The van der Waals surface area contributed by atoms with Crippen molar-refractivity contribution in [3.63, 3.8) is 0 Å². The number of nitrogens with zero attached hydrogens (tertiary/aromatic N) is 2. The Morgan fingerprint density at radius 1 is 1.24 bits per heavy atom. The van der Waals surface area contributed by atoms with E-state index >= 15 is 0 Å². The first-order chi connectivity index (χ1) is 10.1. The zero-order valence-electron chi connectivity index (χ0n) is 11.7. The molecule has 0 aliphatic heterocycles. The average Bonchev–Trinajstić information content (AvgIpc) is 2.48. The van der Waals surface area contributed by atoms with Crippen molar-refractivity contribution in [2.75, 3.05) is 11.9 Å². The van der Waals surface area contributed by atoms with Gasteiger partial charge in [0.25, 0.3) is 0 Å². The van der Waals surface area contributed by atoms with E-state index in [2.05, 4.69) is 27.2 Å². The van der Waals surface area contributed by atoms with Gasteiger partial charge in [-0.15, -0.1) is 0 Å². The summed E-state index contributed by atoms with van der Waals surface area (Å²) in [6.45, 7) is 6.00. The summed E-state index contributed by atoms with van der Waals surface area (Å²) in [5.74, 6) is 0.592. The van der Waals surface area contributed by atoms with Crippen molar-refractivity contribution in [1.29, 1.82) is 0 Å². The number of nitrogens with one attached hydrogen (secondary N) is 2. The molecule has 0 aliphatic rings. The molecule has 0 radical (unpaired) electrons. The third kappa shape index (κ3) is 4.94. The van der Waals surface area contributed by atoms with E-state index in [1.807, 2.05) is 6.92 Å². The number of benzene rings is 1. The molecule has 2 rings (SSSR count). The standard InChI is InChI=1S/C15H16N4O2/c1-11(2)10-18-14(20)19-12-4-6-13(7-5-12)21-15-16-8-3-9-17-15/h3-9H,1,10H2,2H3,(H2,18,19,20). The van der Waals surface area contributed by atoms with Gasteiger partial charge in [0, 0.05) is 24.6 Å². The van der Waals surface area contributed by atoms with Crippen molar-refractivity contribution in [3.8, 4) is 11.8 Å². The SMILES string of the molecule is C=C(C)CNC(=O)Nc1ccc(Oc2ncccn2)cc1. The quantitative estimate of drug-likeness (QED) is 0.828. The summed E-state index contributed by atoms with van der Waals surface area (Å²) in [6.07, 6.45) is 3.20. The van der Waals surface area contributed by atoms with Crippen LogP contribution in [0, 0.1) is 0 Å². The van der Waals surface area contributed by atoms with Crippen LogP contribution < -0.4 is 15.4 Å². The van der Waals surface area contributed by atoms with Crippen molar-refractivity contribution in [2.45, 2.75) is 6.92 Å². The van der Waals surface area contributed by atoms with Gasteiger partial charge in [-0.25, -0.2) is 14.8 Å². The minimum absolute atomic E-state index is 0.275. The topological polar surface area (TPSA) is 76.1 Å². The highest BCUT2D eigenvalue weighted by Gasteiger charge is 2.02. The summed E-state index contributed by atoms with van der Waals surface area (Å²) in [4.78, 5) is 19.5. The number of hydrogen-bond acceptors (Lipinski definition) is 4. The highest BCUT2D eigenvalue weighted by atomic mass is 16.5. The predicted octanol–water partition coefficient (Wildman–Crippen LogP) is 2.97. The van der Waals surface area contributed by atoms with Gasteiger partial charge in [-0.3, -0.25) is 0 Å². The number of urea groups is 1. The Bertz CT molecular complexity index is 611. The number of carbonyl (C=O) groups is 1. The lowest BCUT2D eigenvalue weighted by molar-refractivity contribution is 0.253. The van der Waals surface area contributed by atoms with Crippen molar-refractivity contribution >= 4 is 11.7 Å². The fraction of sp³-hybridized carbons (Fsp3) is 0.133. The van der Waals surface area contributed by atoms with Crippen molar-refractivity contribution in [3.05, 3.63) is 54.9 Å². The molecule has 108 valence electrons. The number of ether oxygens (including phenoxy) is 1. The molecule has 0 bridgehead atoms. The molecule has 2 N–H and O–H groups in total. The maximum Gasteiger partial charge on any atom is 0.321 e. The Kier molecular flexibility index (Phi) is 4.87. The van der Waals surface area contributed by atoms with Crippen LogP contribution in [0.4, 0.5) is 10.5 Å². The summed E-state index contributed by atoms with van der Waals surface area (Å²) in [5.41, 5.74) is 1.55. The minimum Gasteiger partial charge on any atom is -0.424 e. The molecule has 0 fully saturated rings. The van der Waals surface area contributed by atoms with E-state index in [9.17, 15) is 4.79 Å². The van der Waals surface area contributed by atoms with Crippen molar-refractivity contribution in [1.82, 2.24) is 15.3 Å². The fourth-order valence-corrected chi connectivity index (χ4v) is 1.46. The summed E-state index contributed by atoms with van der Waals surface area (Å²) in [6, 6.07) is 8.63. The number of amides is 2. The summed E-state index contributed by atoms with van der Waals surface area (Å²) in [5, 5.41) is 5.39. The van der Waals surface area contributed by atoms with Crippen LogP contribution in [0.1, 0.15) is 6.92 Å². The van der Waals surface area contributed by atoms with Gasteiger partial charge >= 0.3 is 12.0 Å². The molecule has 2 amide bonds. The number of rotatable bonds is 5. The lowest BCUT2D eigenvalue weighted by atomic mass is 10.3. The zero-order valence-corrected chi connectivity index (χ0v) is 11.7. The van der Waals surface area contributed by atoms with E-state index in [-0.39, 0.29) is 12.0 Å². The third-order valence-corrected chi connectivity index (χ3v) is 2.41. The molecule has 2 aromatic rings. The van der Waals surface area contributed by atoms with E-state index in [0.29, 0.717) is 18.0 Å². The van der Waals surface area contributed by atoms with Crippen LogP contribution in [0.5, 0.6) is 11.8 Å². The predicted molar refractivity (Wildman–Crippen MR) is 80.4 cm³/mol. The molecule has 6 heteroatoms. The van der Waals surface area contributed by atoms with Gasteiger partial charge in [-0.1, -0.05) is 12.2 Å². The highest BCUT2D eigenvalue weighted by Crippen LogP contribution is 2.19. The molecule has 1 aromatic carbocycles. The second-order valence-corrected chi connectivity index (χ2v) is 4.42. The van der Waals surface area contributed by atoms with Crippen LogP contribution in [0.15, 0.2) is 54.9 Å². The Labute approximate surface area is 122 Å². The highest BCUT2D eigenvalue weighted by molar-refractivity contribution is 5.89.